The highest BCUT2D eigenvalue weighted by molar-refractivity contribution is 9.10. The maximum absolute atomic E-state index is 4.73. The topological polar surface area (TPSA) is 57.5 Å². The number of aromatic nitrogens is 2. The van der Waals surface area contributed by atoms with Crippen LogP contribution in [0.15, 0.2) is 63.3 Å². The summed E-state index contributed by atoms with van der Waals surface area (Å²) in [6.07, 6.45) is 1.79. The van der Waals surface area contributed by atoms with Gasteiger partial charge in [-0.2, -0.15) is 5.10 Å². The van der Waals surface area contributed by atoms with Gasteiger partial charge < -0.3 is 0 Å². The lowest BCUT2D eigenvalue weighted by atomic mass is 10.1. The van der Waals surface area contributed by atoms with Gasteiger partial charge >= 0.3 is 0 Å². The van der Waals surface area contributed by atoms with Crippen molar-refractivity contribution in [2.45, 2.75) is 25.4 Å². The first-order valence-corrected chi connectivity index (χ1v) is 9.71. The number of amidine groups is 1. The predicted octanol–water partition coefficient (Wildman–Crippen LogP) is 3.73. The largest absolute Gasteiger partial charge is 0.266 e. The summed E-state index contributed by atoms with van der Waals surface area (Å²) in [6.45, 7) is 4.81. The van der Waals surface area contributed by atoms with Crippen molar-refractivity contribution in [2.24, 2.45) is 5.10 Å². The Bertz CT molecular complexity index is 991. The van der Waals surface area contributed by atoms with Crippen LogP contribution in [0.2, 0.25) is 0 Å². The van der Waals surface area contributed by atoms with Crippen LogP contribution in [0, 0.1) is 13.8 Å². The summed E-state index contributed by atoms with van der Waals surface area (Å²) in [6, 6.07) is 14.5. The highest BCUT2D eigenvalue weighted by Crippen LogP contribution is 2.23. The van der Waals surface area contributed by atoms with Gasteiger partial charge in [0.15, 0.2) is 5.84 Å². The minimum atomic E-state index is 0.654. The number of hydrogen-bond acceptors (Lipinski definition) is 6. The Morgan fingerprint density at radius 1 is 1.07 bits per heavy atom. The van der Waals surface area contributed by atoms with Crippen LogP contribution < -0.4 is 11.1 Å². The van der Waals surface area contributed by atoms with Crippen molar-refractivity contribution in [2.75, 3.05) is 0 Å². The van der Waals surface area contributed by atoms with E-state index in [1.807, 2.05) is 21.8 Å². The summed E-state index contributed by atoms with van der Waals surface area (Å²) >= 11 is 8.19. The molecule has 0 amide bonds. The molecule has 0 saturated carbocycles. The zero-order valence-corrected chi connectivity index (χ0v) is 17.4. The quantitative estimate of drug-likeness (QED) is 0.538. The highest BCUT2D eigenvalue weighted by atomic mass is 79.9. The Labute approximate surface area is 171 Å². The van der Waals surface area contributed by atoms with Gasteiger partial charge in [-0.05, 0) is 54.8 Å². The van der Waals surface area contributed by atoms with Gasteiger partial charge in [0.05, 0.1) is 24.0 Å². The lowest BCUT2D eigenvalue weighted by Gasteiger charge is -2.18. The molecular formula is C19H19BrN6S. The van der Waals surface area contributed by atoms with Crippen molar-refractivity contribution in [3.63, 3.8) is 0 Å². The van der Waals surface area contributed by atoms with E-state index in [1.165, 1.54) is 11.1 Å². The van der Waals surface area contributed by atoms with Gasteiger partial charge in [0.25, 0.3) is 0 Å². The second-order valence-corrected chi connectivity index (χ2v) is 7.85. The molecule has 6 nitrogen and oxygen atoms in total. The standard InChI is InChI=1S/C19H19BrN6S/c1-12-7-13(2)9-16(8-12)26-19(27)17(10-21-26)18-22-23-24-25(18)11-14-3-5-15(20)6-4-14/h3-10,23-24,27H,11H2,1-2H3. The van der Waals surface area contributed by atoms with Gasteiger partial charge in [-0.3, -0.25) is 5.01 Å². The average Bonchev–Trinajstić information content (AvgIpc) is 3.22. The third kappa shape index (κ3) is 3.73. The summed E-state index contributed by atoms with van der Waals surface area (Å²) in [4.78, 5) is 0. The van der Waals surface area contributed by atoms with Crippen molar-refractivity contribution in [3.05, 3.63) is 75.4 Å². The Balaban J connectivity index is 1.63. The molecule has 2 heterocycles. The number of nitrogens with one attached hydrogen (secondary N) is 2. The fraction of sp³-hybridized carbons (Fsp3) is 0.158. The molecule has 4 rings (SSSR count). The molecule has 8 heteroatoms. The Hall–Kier alpha value is -2.29. The zero-order valence-electron chi connectivity index (χ0n) is 14.9. The molecule has 0 aliphatic carbocycles. The predicted molar refractivity (Wildman–Crippen MR) is 113 cm³/mol. The Morgan fingerprint density at radius 3 is 2.48 bits per heavy atom. The maximum atomic E-state index is 4.73. The molecular weight excluding hydrogens is 424 g/mol. The molecule has 2 N–H and O–H groups in total. The molecule has 27 heavy (non-hydrogen) atoms. The van der Waals surface area contributed by atoms with E-state index in [0.717, 1.165) is 32.1 Å². The second kappa shape index (κ2) is 7.38. The van der Waals surface area contributed by atoms with Crippen molar-refractivity contribution in [1.82, 2.24) is 25.9 Å². The average molecular weight is 443 g/mol. The van der Waals surface area contributed by atoms with Crippen molar-refractivity contribution >= 4 is 34.4 Å². The molecule has 0 unspecified atom stereocenters. The molecule has 0 spiro atoms. The van der Waals surface area contributed by atoms with Crippen LogP contribution >= 0.6 is 28.6 Å². The third-order valence-corrected chi connectivity index (χ3v) is 5.25. The van der Waals surface area contributed by atoms with E-state index < -0.39 is 0 Å². The molecule has 1 aromatic heterocycles. The van der Waals surface area contributed by atoms with Crippen LogP contribution in [-0.4, -0.2) is 20.6 Å². The van der Waals surface area contributed by atoms with Gasteiger partial charge in [-0.1, -0.05) is 34.1 Å². The second-order valence-electron chi connectivity index (χ2n) is 6.51. The van der Waals surface area contributed by atoms with Crippen LogP contribution in [0.5, 0.6) is 0 Å². The van der Waals surface area contributed by atoms with E-state index in [-0.39, 0.29) is 0 Å². The minimum absolute atomic E-state index is 0.654. The van der Waals surface area contributed by atoms with Gasteiger partial charge in [0, 0.05) is 4.47 Å². The Kier molecular flexibility index (Phi) is 4.94. The van der Waals surface area contributed by atoms with Crippen molar-refractivity contribution in [1.29, 1.82) is 0 Å². The molecule has 1 aliphatic heterocycles. The smallest absolute Gasteiger partial charge is 0.177 e. The van der Waals surface area contributed by atoms with Crippen LogP contribution in [0.25, 0.3) is 5.69 Å². The summed E-state index contributed by atoms with van der Waals surface area (Å²) in [5.41, 5.74) is 11.3. The molecule has 0 fully saturated rings. The zero-order chi connectivity index (χ0) is 19.0. The van der Waals surface area contributed by atoms with E-state index in [1.54, 1.807) is 6.20 Å². The maximum Gasteiger partial charge on any atom is 0.177 e. The number of rotatable bonds is 4. The minimum Gasteiger partial charge on any atom is -0.266 e. The first-order valence-electron chi connectivity index (χ1n) is 8.47. The van der Waals surface area contributed by atoms with Gasteiger partial charge in [0.2, 0.25) is 0 Å². The fourth-order valence-corrected chi connectivity index (χ4v) is 3.69. The van der Waals surface area contributed by atoms with Gasteiger partial charge in [0.1, 0.15) is 5.03 Å². The van der Waals surface area contributed by atoms with Gasteiger partial charge in [-0.15, -0.1) is 23.3 Å². The highest BCUT2D eigenvalue weighted by Gasteiger charge is 2.24. The number of halogens is 1. The normalized spacial score (nSPS) is 13.6. The third-order valence-electron chi connectivity index (χ3n) is 4.29. The molecule has 138 valence electrons. The fourth-order valence-electron chi connectivity index (χ4n) is 3.11. The van der Waals surface area contributed by atoms with Gasteiger partial charge in [-0.25, -0.2) is 10.2 Å². The molecule has 0 bridgehead atoms. The van der Waals surface area contributed by atoms with Crippen LogP contribution in [0.4, 0.5) is 0 Å². The number of hydrogen-bond donors (Lipinski definition) is 3. The van der Waals surface area contributed by atoms with Crippen LogP contribution in [-0.2, 0) is 6.54 Å². The SMILES string of the molecule is Cc1cc(C)cc(-n2ncc(C3=NNNN3Cc3ccc(Br)cc3)c2S)c1. The lowest BCUT2D eigenvalue weighted by molar-refractivity contribution is 0.288. The molecule has 0 atom stereocenters. The van der Waals surface area contributed by atoms with E-state index in [9.17, 15) is 0 Å². The number of thiol groups is 1. The Morgan fingerprint density at radius 2 is 1.78 bits per heavy atom. The number of benzene rings is 2. The molecule has 0 radical (unpaired) electrons. The van der Waals surface area contributed by atoms with E-state index in [0.29, 0.717) is 6.54 Å². The number of hydrazine groups is 2. The lowest BCUT2D eigenvalue weighted by Crippen LogP contribution is -2.40. The first-order chi connectivity index (χ1) is 13.0. The molecule has 2 aromatic carbocycles. The van der Waals surface area contributed by atoms with Crippen molar-refractivity contribution < 1.29 is 0 Å². The first kappa shape index (κ1) is 18.1. The molecule has 1 aliphatic rings. The molecule has 3 aromatic rings. The number of aryl methyl sites for hydroxylation is 2. The monoisotopic (exact) mass is 442 g/mol. The van der Waals surface area contributed by atoms with Crippen LogP contribution in [0.1, 0.15) is 22.3 Å². The summed E-state index contributed by atoms with van der Waals surface area (Å²) in [7, 11) is 0. The van der Waals surface area contributed by atoms with E-state index in [4.69, 9.17) is 12.6 Å². The van der Waals surface area contributed by atoms with E-state index in [2.05, 4.69) is 81.4 Å². The molecule has 0 saturated heterocycles. The number of hydrazone groups is 1. The van der Waals surface area contributed by atoms with E-state index >= 15 is 0 Å². The summed E-state index contributed by atoms with van der Waals surface area (Å²) in [5, 5.41) is 11.6. The number of nitrogens with zero attached hydrogens (tertiary/aromatic N) is 4. The van der Waals surface area contributed by atoms with Crippen molar-refractivity contribution in [3.8, 4) is 5.69 Å². The van der Waals surface area contributed by atoms with Crippen LogP contribution in [0.3, 0.4) is 0 Å². The summed E-state index contributed by atoms with van der Waals surface area (Å²) in [5.74, 6) is 0.749. The summed E-state index contributed by atoms with van der Waals surface area (Å²) < 4.78 is 2.89.